The maximum Gasteiger partial charge on any atom is 0.112 e. The molecule has 4 heteroatoms. The van der Waals surface area contributed by atoms with Crippen LogP contribution in [0.3, 0.4) is 0 Å². The highest BCUT2D eigenvalue weighted by molar-refractivity contribution is 6.11. The van der Waals surface area contributed by atoms with Gasteiger partial charge in [-0.3, -0.25) is 0 Å². The third-order valence-electron chi connectivity index (χ3n) is 1.72. The van der Waals surface area contributed by atoms with Gasteiger partial charge in [0.25, 0.3) is 0 Å². The maximum absolute atomic E-state index is 5.53. The van der Waals surface area contributed by atoms with Crippen molar-refractivity contribution in [3.63, 3.8) is 0 Å². The predicted molar refractivity (Wildman–Crippen MR) is 37.1 cm³/mol. The molecular weight excluding hydrogens is 131 g/mol. The molecule has 0 aliphatic carbocycles. The molecule has 0 spiro atoms. The molecule has 1 unspecified atom stereocenters. The normalized spacial score (nSPS) is 40.4. The lowest BCUT2D eigenvalue weighted by Crippen LogP contribution is -2.33. The van der Waals surface area contributed by atoms with E-state index in [2.05, 4.69) is 0 Å². The van der Waals surface area contributed by atoms with Crippen molar-refractivity contribution in [2.75, 3.05) is 20.8 Å². The molecule has 3 nitrogen and oxygen atoms in total. The van der Waals surface area contributed by atoms with Gasteiger partial charge in [0.1, 0.15) is 20.1 Å². The highest BCUT2D eigenvalue weighted by Crippen LogP contribution is 2.16. The van der Waals surface area contributed by atoms with Crippen molar-refractivity contribution in [2.45, 2.75) is 18.2 Å². The van der Waals surface area contributed by atoms with Crippen molar-refractivity contribution in [2.24, 2.45) is 0 Å². The van der Waals surface area contributed by atoms with E-state index in [9.17, 15) is 0 Å². The molecule has 1 aliphatic heterocycles. The zero-order valence-electron chi connectivity index (χ0n) is 6.24. The monoisotopic (exact) mass is 142 g/mol. The summed E-state index contributed by atoms with van der Waals surface area (Å²) in [5.41, 5.74) is 0. The van der Waals surface area contributed by atoms with Crippen molar-refractivity contribution >= 4 is 7.85 Å². The van der Waals surface area contributed by atoms with Gasteiger partial charge in [0.05, 0.1) is 6.61 Å². The van der Waals surface area contributed by atoms with Crippen LogP contribution in [0.25, 0.3) is 0 Å². The van der Waals surface area contributed by atoms with Gasteiger partial charge in [-0.25, -0.2) is 0 Å². The van der Waals surface area contributed by atoms with Crippen LogP contribution in [0.2, 0.25) is 0 Å². The summed E-state index contributed by atoms with van der Waals surface area (Å²) in [5, 5.41) is 0. The van der Waals surface area contributed by atoms with Crippen molar-refractivity contribution in [3.05, 3.63) is 0 Å². The summed E-state index contributed by atoms with van der Waals surface area (Å²) < 4.78 is 15.2. The third-order valence-corrected chi connectivity index (χ3v) is 1.72. The SMILES string of the molecule is [B][C@@H]1OCC(OC)[C@@H]1OC. The first kappa shape index (κ1) is 8.05. The number of ether oxygens (including phenoxy) is 3. The smallest absolute Gasteiger partial charge is 0.112 e. The van der Waals surface area contributed by atoms with Crippen LogP contribution >= 0.6 is 0 Å². The first-order valence-corrected chi connectivity index (χ1v) is 3.22. The van der Waals surface area contributed by atoms with Gasteiger partial charge in [-0.1, -0.05) is 0 Å². The molecule has 0 bridgehead atoms. The van der Waals surface area contributed by atoms with Gasteiger partial charge in [0.2, 0.25) is 0 Å². The second-order valence-corrected chi connectivity index (χ2v) is 2.27. The molecule has 0 aromatic carbocycles. The Bertz CT molecular complexity index is 109. The second-order valence-electron chi connectivity index (χ2n) is 2.27. The van der Waals surface area contributed by atoms with Crippen LogP contribution in [-0.4, -0.2) is 46.9 Å². The predicted octanol–water partition coefficient (Wildman–Crippen LogP) is -0.459. The molecule has 3 atom stereocenters. The molecule has 0 aromatic heterocycles. The topological polar surface area (TPSA) is 27.7 Å². The van der Waals surface area contributed by atoms with Crippen LogP contribution in [-0.2, 0) is 14.2 Å². The molecule has 1 saturated heterocycles. The van der Waals surface area contributed by atoms with Gasteiger partial charge in [0.15, 0.2) is 0 Å². The average Bonchev–Trinajstić information content (AvgIpc) is 2.30. The van der Waals surface area contributed by atoms with Crippen molar-refractivity contribution in [1.29, 1.82) is 0 Å². The number of rotatable bonds is 2. The summed E-state index contributed by atoms with van der Waals surface area (Å²) in [5.74, 6) is 0. The molecular formula is C6H11BO3. The molecule has 56 valence electrons. The Morgan fingerprint density at radius 2 is 2.10 bits per heavy atom. The molecule has 0 N–H and O–H groups in total. The maximum atomic E-state index is 5.53. The average molecular weight is 142 g/mol. The van der Waals surface area contributed by atoms with Gasteiger partial charge in [-0.15, -0.1) is 0 Å². The molecule has 10 heavy (non-hydrogen) atoms. The lowest BCUT2D eigenvalue weighted by Gasteiger charge is -2.17. The van der Waals surface area contributed by atoms with Gasteiger partial charge < -0.3 is 14.2 Å². The van der Waals surface area contributed by atoms with Crippen molar-refractivity contribution < 1.29 is 14.2 Å². The van der Waals surface area contributed by atoms with E-state index in [0.717, 1.165) is 0 Å². The Hall–Kier alpha value is -0.0551. The minimum atomic E-state index is -0.338. The minimum absolute atomic E-state index is 0.0139. The zero-order valence-corrected chi connectivity index (χ0v) is 6.24. The first-order chi connectivity index (χ1) is 4.79. The van der Waals surface area contributed by atoms with Gasteiger partial charge in [-0.2, -0.15) is 0 Å². The zero-order chi connectivity index (χ0) is 7.56. The minimum Gasteiger partial charge on any atom is -0.382 e. The molecule has 1 rings (SSSR count). The summed E-state index contributed by atoms with van der Waals surface area (Å²) in [7, 11) is 8.75. The summed E-state index contributed by atoms with van der Waals surface area (Å²) in [6.07, 6.45) is -0.134. The van der Waals surface area contributed by atoms with Gasteiger partial charge in [-0.05, 0) is 0 Å². The van der Waals surface area contributed by atoms with E-state index in [4.69, 9.17) is 22.1 Å². The summed E-state index contributed by atoms with van der Waals surface area (Å²) >= 11 is 0. The Morgan fingerprint density at radius 3 is 2.50 bits per heavy atom. The fourth-order valence-corrected chi connectivity index (χ4v) is 1.10. The number of hydrogen-bond acceptors (Lipinski definition) is 3. The molecule has 0 amide bonds. The van der Waals surface area contributed by atoms with Crippen LogP contribution in [0.5, 0.6) is 0 Å². The molecule has 2 radical (unpaired) electrons. The lowest BCUT2D eigenvalue weighted by atomic mass is 9.94. The van der Waals surface area contributed by atoms with E-state index >= 15 is 0 Å². The molecule has 1 fully saturated rings. The van der Waals surface area contributed by atoms with Crippen molar-refractivity contribution in [3.8, 4) is 0 Å². The van der Waals surface area contributed by atoms with E-state index in [1.165, 1.54) is 0 Å². The second kappa shape index (κ2) is 3.37. The fraction of sp³-hybridized carbons (Fsp3) is 1.00. The third kappa shape index (κ3) is 1.33. The summed E-state index contributed by atoms with van der Waals surface area (Å²) in [6, 6.07) is -0.338. The van der Waals surface area contributed by atoms with E-state index < -0.39 is 0 Å². The quantitative estimate of drug-likeness (QED) is 0.488. The lowest BCUT2D eigenvalue weighted by molar-refractivity contribution is -0.00967. The summed E-state index contributed by atoms with van der Waals surface area (Å²) in [6.45, 7) is 0.524. The number of methoxy groups -OCH3 is 2. The molecule has 0 saturated carbocycles. The largest absolute Gasteiger partial charge is 0.382 e. The Balaban J connectivity index is 2.45. The standard InChI is InChI=1S/C6H11BO3/c1-8-4-3-10-6(7)5(4)9-2/h4-6H,3H2,1-2H3/t4?,5-,6+/m0/s1. The van der Waals surface area contributed by atoms with E-state index in [-0.39, 0.29) is 18.2 Å². The summed E-state index contributed by atoms with van der Waals surface area (Å²) in [4.78, 5) is 0. The van der Waals surface area contributed by atoms with E-state index in [0.29, 0.717) is 6.61 Å². The van der Waals surface area contributed by atoms with Crippen LogP contribution < -0.4 is 0 Å². The van der Waals surface area contributed by atoms with Crippen LogP contribution in [0.15, 0.2) is 0 Å². The first-order valence-electron chi connectivity index (χ1n) is 3.22. The van der Waals surface area contributed by atoms with Crippen LogP contribution in [0.1, 0.15) is 0 Å². The number of hydrogen-bond donors (Lipinski definition) is 0. The van der Waals surface area contributed by atoms with E-state index in [1.807, 2.05) is 0 Å². The molecule has 1 heterocycles. The molecule has 0 aromatic rings. The Morgan fingerprint density at radius 1 is 1.40 bits per heavy atom. The Labute approximate surface area is 62.1 Å². The van der Waals surface area contributed by atoms with Crippen LogP contribution in [0.4, 0.5) is 0 Å². The fourth-order valence-electron chi connectivity index (χ4n) is 1.10. The van der Waals surface area contributed by atoms with E-state index in [1.54, 1.807) is 14.2 Å². The highest BCUT2D eigenvalue weighted by atomic mass is 16.6. The molecule has 1 aliphatic rings. The highest BCUT2D eigenvalue weighted by Gasteiger charge is 2.33. The Kier molecular flexibility index (Phi) is 2.71. The van der Waals surface area contributed by atoms with Gasteiger partial charge >= 0.3 is 0 Å². The van der Waals surface area contributed by atoms with Crippen molar-refractivity contribution in [1.82, 2.24) is 0 Å². The van der Waals surface area contributed by atoms with Crippen LogP contribution in [0, 0.1) is 0 Å². The van der Waals surface area contributed by atoms with Gasteiger partial charge in [0, 0.05) is 20.2 Å².